The van der Waals surface area contributed by atoms with Gasteiger partial charge in [0.2, 0.25) is 21.8 Å². The van der Waals surface area contributed by atoms with Crippen LogP contribution in [-0.4, -0.2) is 50.0 Å². The summed E-state index contributed by atoms with van der Waals surface area (Å²) >= 11 is 12.8. The van der Waals surface area contributed by atoms with E-state index >= 15 is 0 Å². The molecule has 2 amide bonds. The van der Waals surface area contributed by atoms with Crippen LogP contribution in [0.5, 0.6) is 0 Å². The molecule has 10 heteroatoms. The van der Waals surface area contributed by atoms with Crippen molar-refractivity contribution < 1.29 is 18.0 Å². The van der Waals surface area contributed by atoms with Crippen LogP contribution in [0.25, 0.3) is 0 Å². The highest BCUT2D eigenvalue weighted by Crippen LogP contribution is 2.28. The standard InChI is InChI=1S/C27H35Cl2N3O4S/c1-18-13-14-25(19(2)15-18)32(37(4,35)36)17-26(33)31(16-22-23(28)11-8-12-24(22)29)20(3)27(34)30-21-9-6-5-7-10-21/h8,11-15,20-21H,5-7,9-10,16-17H2,1-4H3,(H,30,34)/t20-/m0/s1. The molecule has 0 aromatic heterocycles. The second-order valence-electron chi connectivity index (χ2n) is 9.80. The van der Waals surface area contributed by atoms with Crippen molar-refractivity contribution in [3.8, 4) is 0 Å². The molecule has 1 atom stereocenters. The molecule has 0 bridgehead atoms. The largest absolute Gasteiger partial charge is 0.352 e. The Morgan fingerprint density at radius 2 is 1.68 bits per heavy atom. The molecule has 0 radical (unpaired) electrons. The minimum Gasteiger partial charge on any atom is -0.352 e. The van der Waals surface area contributed by atoms with E-state index in [1.807, 2.05) is 13.0 Å². The number of carbonyl (C=O) groups excluding carboxylic acids is 2. The Balaban J connectivity index is 1.94. The first-order valence-corrected chi connectivity index (χ1v) is 15.1. The first kappa shape index (κ1) is 29.3. The van der Waals surface area contributed by atoms with Gasteiger partial charge in [-0.1, -0.05) is 66.2 Å². The van der Waals surface area contributed by atoms with E-state index in [4.69, 9.17) is 23.2 Å². The second-order valence-corrected chi connectivity index (χ2v) is 12.5. The molecular formula is C27H35Cl2N3O4S. The van der Waals surface area contributed by atoms with Gasteiger partial charge >= 0.3 is 0 Å². The zero-order valence-corrected chi connectivity index (χ0v) is 24.1. The molecule has 0 unspecified atom stereocenters. The van der Waals surface area contributed by atoms with Gasteiger partial charge in [-0.3, -0.25) is 13.9 Å². The lowest BCUT2D eigenvalue weighted by molar-refractivity contribution is -0.139. The van der Waals surface area contributed by atoms with Gasteiger partial charge in [0.25, 0.3) is 0 Å². The molecule has 1 N–H and O–H groups in total. The Bertz CT molecular complexity index is 1230. The number of anilines is 1. The molecule has 202 valence electrons. The Hall–Kier alpha value is -2.29. The highest BCUT2D eigenvalue weighted by atomic mass is 35.5. The molecule has 37 heavy (non-hydrogen) atoms. The fourth-order valence-corrected chi connectivity index (χ4v) is 6.11. The highest BCUT2D eigenvalue weighted by molar-refractivity contribution is 7.92. The molecule has 1 aliphatic carbocycles. The van der Waals surface area contributed by atoms with Crippen LogP contribution in [0, 0.1) is 13.8 Å². The van der Waals surface area contributed by atoms with Crippen molar-refractivity contribution in [2.75, 3.05) is 17.1 Å². The Kier molecular flexibility index (Phi) is 9.89. The molecule has 1 fully saturated rings. The summed E-state index contributed by atoms with van der Waals surface area (Å²) in [6, 6.07) is 9.56. The van der Waals surface area contributed by atoms with Crippen LogP contribution in [0.15, 0.2) is 36.4 Å². The predicted octanol–water partition coefficient (Wildman–Crippen LogP) is 5.24. The van der Waals surface area contributed by atoms with Gasteiger partial charge in [-0.05, 0) is 57.4 Å². The van der Waals surface area contributed by atoms with E-state index in [2.05, 4.69) is 5.32 Å². The zero-order valence-electron chi connectivity index (χ0n) is 21.8. The van der Waals surface area contributed by atoms with Gasteiger partial charge in [0.05, 0.1) is 11.9 Å². The van der Waals surface area contributed by atoms with Crippen molar-refractivity contribution in [3.63, 3.8) is 0 Å². The number of halogens is 2. The average Bonchev–Trinajstić information content (AvgIpc) is 2.82. The number of amides is 2. The minimum atomic E-state index is -3.81. The maximum Gasteiger partial charge on any atom is 0.244 e. The van der Waals surface area contributed by atoms with Crippen LogP contribution in [-0.2, 0) is 26.2 Å². The van der Waals surface area contributed by atoms with E-state index in [-0.39, 0.29) is 18.5 Å². The van der Waals surface area contributed by atoms with Gasteiger partial charge in [-0.15, -0.1) is 0 Å². The van der Waals surface area contributed by atoms with Gasteiger partial charge in [-0.2, -0.15) is 0 Å². The van der Waals surface area contributed by atoms with Crippen molar-refractivity contribution in [1.82, 2.24) is 10.2 Å². The third-order valence-corrected chi connectivity index (χ3v) is 8.64. The van der Waals surface area contributed by atoms with Crippen LogP contribution < -0.4 is 9.62 Å². The summed E-state index contributed by atoms with van der Waals surface area (Å²) in [5.41, 5.74) is 2.61. The van der Waals surface area contributed by atoms with Crippen LogP contribution in [0.3, 0.4) is 0 Å². The molecular weight excluding hydrogens is 533 g/mol. The molecule has 0 aliphatic heterocycles. The van der Waals surface area contributed by atoms with E-state index in [0.717, 1.165) is 53.8 Å². The average molecular weight is 569 g/mol. The summed E-state index contributed by atoms with van der Waals surface area (Å²) in [6.07, 6.45) is 6.12. The minimum absolute atomic E-state index is 0.0406. The van der Waals surface area contributed by atoms with Crippen molar-refractivity contribution in [1.29, 1.82) is 0 Å². The smallest absolute Gasteiger partial charge is 0.244 e. The molecule has 0 spiro atoms. The quantitative estimate of drug-likeness (QED) is 0.448. The van der Waals surface area contributed by atoms with Crippen molar-refractivity contribution in [2.24, 2.45) is 0 Å². The molecule has 1 saturated carbocycles. The molecule has 2 aromatic rings. The number of carbonyl (C=O) groups is 2. The summed E-state index contributed by atoms with van der Waals surface area (Å²) in [4.78, 5) is 28.4. The summed E-state index contributed by atoms with van der Waals surface area (Å²) in [5, 5.41) is 3.79. The first-order valence-electron chi connectivity index (χ1n) is 12.5. The van der Waals surface area contributed by atoms with E-state index in [0.29, 0.717) is 21.3 Å². The number of sulfonamides is 1. The van der Waals surface area contributed by atoms with Crippen LogP contribution in [0.4, 0.5) is 5.69 Å². The molecule has 3 rings (SSSR count). The predicted molar refractivity (Wildman–Crippen MR) is 150 cm³/mol. The zero-order chi connectivity index (χ0) is 27.3. The lowest BCUT2D eigenvalue weighted by Gasteiger charge is -2.33. The maximum atomic E-state index is 13.8. The summed E-state index contributed by atoms with van der Waals surface area (Å²) < 4.78 is 26.7. The maximum absolute atomic E-state index is 13.8. The van der Waals surface area contributed by atoms with Crippen LogP contribution >= 0.6 is 23.2 Å². The number of nitrogens with one attached hydrogen (secondary N) is 1. The topological polar surface area (TPSA) is 86.8 Å². The van der Waals surface area contributed by atoms with Gasteiger partial charge in [0.15, 0.2) is 0 Å². The Labute approximate surface area is 230 Å². The molecule has 0 saturated heterocycles. The van der Waals surface area contributed by atoms with Gasteiger partial charge in [-0.25, -0.2) is 8.42 Å². The summed E-state index contributed by atoms with van der Waals surface area (Å²) in [6.45, 7) is 4.84. The number of nitrogens with zero attached hydrogens (tertiary/aromatic N) is 2. The molecule has 2 aromatic carbocycles. The van der Waals surface area contributed by atoms with Crippen molar-refractivity contribution >= 4 is 50.7 Å². The Morgan fingerprint density at radius 3 is 2.24 bits per heavy atom. The van der Waals surface area contributed by atoms with Gasteiger partial charge in [0, 0.05) is 28.2 Å². The normalized spacial score (nSPS) is 15.2. The molecule has 7 nitrogen and oxygen atoms in total. The number of aryl methyl sites for hydroxylation is 2. The lowest BCUT2D eigenvalue weighted by Crippen LogP contribution is -2.53. The lowest BCUT2D eigenvalue weighted by atomic mass is 9.95. The number of hydrogen-bond acceptors (Lipinski definition) is 4. The third-order valence-electron chi connectivity index (χ3n) is 6.81. The number of hydrogen-bond donors (Lipinski definition) is 1. The highest BCUT2D eigenvalue weighted by Gasteiger charge is 2.32. The molecule has 0 heterocycles. The van der Waals surface area contributed by atoms with Crippen LogP contribution in [0.1, 0.15) is 55.7 Å². The van der Waals surface area contributed by atoms with E-state index < -0.39 is 28.5 Å². The third kappa shape index (κ3) is 7.62. The van der Waals surface area contributed by atoms with Gasteiger partial charge in [0.1, 0.15) is 12.6 Å². The number of benzene rings is 2. The van der Waals surface area contributed by atoms with Crippen molar-refractivity contribution in [3.05, 3.63) is 63.1 Å². The summed E-state index contributed by atoms with van der Waals surface area (Å²) in [5.74, 6) is -0.825. The fraction of sp³-hybridized carbons (Fsp3) is 0.481. The van der Waals surface area contributed by atoms with Gasteiger partial charge < -0.3 is 10.2 Å². The number of rotatable bonds is 9. The fourth-order valence-electron chi connectivity index (χ4n) is 4.69. The first-order chi connectivity index (χ1) is 17.4. The Morgan fingerprint density at radius 1 is 1.05 bits per heavy atom. The molecule has 1 aliphatic rings. The van der Waals surface area contributed by atoms with Crippen LogP contribution in [0.2, 0.25) is 10.0 Å². The van der Waals surface area contributed by atoms with E-state index in [1.165, 1.54) is 4.90 Å². The monoisotopic (exact) mass is 567 g/mol. The summed E-state index contributed by atoms with van der Waals surface area (Å²) in [7, 11) is -3.81. The van der Waals surface area contributed by atoms with Crippen molar-refractivity contribution in [2.45, 2.75) is 71.5 Å². The SMILES string of the molecule is Cc1ccc(N(CC(=O)N(Cc2c(Cl)cccc2Cl)[C@@H](C)C(=O)NC2CCCCC2)S(C)(=O)=O)c(C)c1. The van der Waals surface area contributed by atoms with E-state index in [1.54, 1.807) is 44.2 Å². The second kappa shape index (κ2) is 12.5. The van der Waals surface area contributed by atoms with E-state index in [9.17, 15) is 18.0 Å².